The van der Waals surface area contributed by atoms with E-state index in [0.29, 0.717) is 29.7 Å². The van der Waals surface area contributed by atoms with Crippen LogP contribution in [0.3, 0.4) is 0 Å². The average molecular weight is 509 g/mol. The first kappa shape index (κ1) is 21.7. The summed E-state index contributed by atoms with van der Waals surface area (Å²) >= 11 is 2.06. The number of methoxy groups -OCH3 is 1. The molecule has 0 spiro atoms. The molecule has 150 valence electrons. The zero-order valence-electron chi connectivity index (χ0n) is 14.7. The van der Waals surface area contributed by atoms with E-state index in [1.807, 2.05) is 6.92 Å². The summed E-state index contributed by atoms with van der Waals surface area (Å²) in [5.74, 6) is 1.06. The summed E-state index contributed by atoms with van der Waals surface area (Å²) in [6.45, 7) is 2.24. The minimum Gasteiger partial charge on any atom is -0.492 e. The van der Waals surface area contributed by atoms with Gasteiger partial charge in [0.2, 0.25) is 0 Å². The number of hydrogen-bond acceptors (Lipinski definition) is 6. The molecular formula is C17H15F3IN3O4. The van der Waals surface area contributed by atoms with E-state index in [1.54, 1.807) is 12.1 Å². The van der Waals surface area contributed by atoms with E-state index in [9.17, 15) is 23.3 Å². The van der Waals surface area contributed by atoms with Crippen molar-refractivity contribution >= 4 is 40.2 Å². The molecule has 2 aromatic rings. The fourth-order valence-corrected chi connectivity index (χ4v) is 3.10. The summed E-state index contributed by atoms with van der Waals surface area (Å²) in [6.07, 6.45) is -3.31. The lowest BCUT2D eigenvalue weighted by atomic mass is 10.1. The van der Waals surface area contributed by atoms with Gasteiger partial charge in [-0.1, -0.05) is 0 Å². The quantitative estimate of drug-likeness (QED) is 0.244. The molecular weight excluding hydrogens is 494 g/mol. The summed E-state index contributed by atoms with van der Waals surface area (Å²) in [4.78, 5) is 10.2. The first-order valence-electron chi connectivity index (χ1n) is 7.82. The molecule has 7 nitrogen and oxygen atoms in total. The van der Waals surface area contributed by atoms with Crippen LogP contribution in [-0.2, 0) is 6.18 Å². The minimum atomic E-state index is -4.68. The van der Waals surface area contributed by atoms with Crippen LogP contribution in [0, 0.1) is 13.7 Å². The van der Waals surface area contributed by atoms with Crippen LogP contribution < -0.4 is 14.9 Å². The van der Waals surface area contributed by atoms with Gasteiger partial charge in [-0.25, -0.2) is 0 Å². The lowest BCUT2D eigenvalue weighted by molar-refractivity contribution is -0.384. The monoisotopic (exact) mass is 509 g/mol. The molecule has 0 radical (unpaired) electrons. The fourth-order valence-electron chi connectivity index (χ4n) is 2.25. The van der Waals surface area contributed by atoms with Gasteiger partial charge in [-0.3, -0.25) is 15.5 Å². The number of alkyl halides is 3. The highest BCUT2D eigenvalue weighted by Gasteiger charge is 2.33. The Balaban J connectivity index is 2.28. The third kappa shape index (κ3) is 5.24. The van der Waals surface area contributed by atoms with Gasteiger partial charge in [-0.15, -0.1) is 0 Å². The molecule has 2 aromatic carbocycles. The Labute approximate surface area is 171 Å². The second-order valence-corrected chi connectivity index (χ2v) is 6.49. The van der Waals surface area contributed by atoms with E-state index in [0.717, 1.165) is 15.7 Å². The number of ether oxygens (including phenoxy) is 2. The van der Waals surface area contributed by atoms with Crippen LogP contribution in [0.15, 0.2) is 35.4 Å². The van der Waals surface area contributed by atoms with Crippen LogP contribution in [0.5, 0.6) is 11.5 Å². The Hall–Kier alpha value is -2.57. The molecule has 0 aliphatic carbocycles. The Kier molecular flexibility index (Phi) is 7.05. The largest absolute Gasteiger partial charge is 0.492 e. The molecule has 0 saturated heterocycles. The van der Waals surface area contributed by atoms with E-state index in [-0.39, 0.29) is 5.69 Å². The van der Waals surface area contributed by atoms with Gasteiger partial charge in [0, 0.05) is 6.07 Å². The molecule has 28 heavy (non-hydrogen) atoms. The number of nitrogens with one attached hydrogen (secondary N) is 1. The Morgan fingerprint density at radius 2 is 2.04 bits per heavy atom. The first-order chi connectivity index (χ1) is 13.2. The normalized spacial score (nSPS) is 11.5. The van der Waals surface area contributed by atoms with Crippen LogP contribution in [0.1, 0.15) is 18.1 Å². The van der Waals surface area contributed by atoms with Crippen molar-refractivity contribution in [3.05, 3.63) is 55.1 Å². The smallest absolute Gasteiger partial charge is 0.416 e. The summed E-state index contributed by atoms with van der Waals surface area (Å²) in [5, 5.41) is 15.0. The number of benzene rings is 2. The van der Waals surface area contributed by atoms with Crippen molar-refractivity contribution in [2.45, 2.75) is 13.1 Å². The highest BCUT2D eigenvalue weighted by atomic mass is 127. The number of anilines is 1. The van der Waals surface area contributed by atoms with Crippen LogP contribution in [0.4, 0.5) is 24.5 Å². The van der Waals surface area contributed by atoms with Crippen molar-refractivity contribution in [3.8, 4) is 11.5 Å². The maximum atomic E-state index is 12.7. The Morgan fingerprint density at radius 3 is 2.61 bits per heavy atom. The van der Waals surface area contributed by atoms with Crippen molar-refractivity contribution in [3.63, 3.8) is 0 Å². The molecule has 0 heterocycles. The molecule has 0 saturated carbocycles. The molecule has 0 aliphatic heterocycles. The summed E-state index contributed by atoms with van der Waals surface area (Å²) in [5.41, 5.74) is 1.01. The van der Waals surface area contributed by atoms with Gasteiger partial charge in [-0.2, -0.15) is 18.3 Å². The van der Waals surface area contributed by atoms with Crippen LogP contribution >= 0.6 is 22.6 Å². The molecule has 0 fully saturated rings. The van der Waals surface area contributed by atoms with Crippen LogP contribution in [0.2, 0.25) is 0 Å². The van der Waals surface area contributed by atoms with Crippen molar-refractivity contribution in [2.75, 3.05) is 19.1 Å². The van der Waals surface area contributed by atoms with Crippen molar-refractivity contribution in [2.24, 2.45) is 5.10 Å². The number of nitro benzene ring substituents is 1. The van der Waals surface area contributed by atoms with Crippen LogP contribution in [-0.4, -0.2) is 24.9 Å². The first-order valence-corrected chi connectivity index (χ1v) is 8.90. The van der Waals surface area contributed by atoms with Gasteiger partial charge >= 0.3 is 6.18 Å². The predicted molar refractivity (Wildman–Crippen MR) is 106 cm³/mol. The average Bonchev–Trinajstić information content (AvgIpc) is 2.61. The van der Waals surface area contributed by atoms with E-state index in [4.69, 9.17) is 9.47 Å². The van der Waals surface area contributed by atoms with E-state index >= 15 is 0 Å². The van der Waals surface area contributed by atoms with E-state index in [1.165, 1.54) is 13.3 Å². The SMILES string of the molecule is CCOc1cc(/C=N\Nc2ccc(C(F)(F)F)cc2[N+](=O)[O-])cc(I)c1OC. The Morgan fingerprint density at radius 1 is 1.32 bits per heavy atom. The molecule has 0 aliphatic rings. The number of hydrazone groups is 1. The second-order valence-electron chi connectivity index (χ2n) is 5.32. The highest BCUT2D eigenvalue weighted by molar-refractivity contribution is 14.1. The third-order valence-electron chi connectivity index (χ3n) is 3.46. The fraction of sp³-hybridized carbons (Fsp3) is 0.235. The molecule has 11 heteroatoms. The standard InChI is InChI=1S/C17H15F3IN3O4/c1-3-28-15-7-10(6-12(21)16(15)27-2)9-22-23-13-5-4-11(17(18,19)20)8-14(13)24(25)26/h4-9,23H,3H2,1-2H3/b22-9-. The summed E-state index contributed by atoms with van der Waals surface area (Å²) in [6, 6.07) is 5.57. The minimum absolute atomic E-state index is 0.164. The third-order valence-corrected chi connectivity index (χ3v) is 4.26. The van der Waals surface area contributed by atoms with Gasteiger partial charge in [-0.05, 0) is 59.3 Å². The molecule has 0 aromatic heterocycles. The maximum absolute atomic E-state index is 12.7. The summed E-state index contributed by atoms with van der Waals surface area (Å²) < 4.78 is 49.8. The Bertz CT molecular complexity index is 904. The number of nitrogens with zero attached hydrogens (tertiary/aromatic N) is 2. The van der Waals surface area contributed by atoms with Gasteiger partial charge in [0.25, 0.3) is 5.69 Å². The number of nitro groups is 1. The van der Waals surface area contributed by atoms with E-state index < -0.39 is 22.4 Å². The number of halogens is 4. The van der Waals surface area contributed by atoms with Gasteiger partial charge in [0.1, 0.15) is 5.69 Å². The summed E-state index contributed by atoms with van der Waals surface area (Å²) in [7, 11) is 1.51. The molecule has 1 N–H and O–H groups in total. The molecule has 0 bridgehead atoms. The maximum Gasteiger partial charge on any atom is 0.416 e. The number of rotatable bonds is 7. The molecule has 0 atom stereocenters. The van der Waals surface area contributed by atoms with Gasteiger partial charge in [0.15, 0.2) is 11.5 Å². The lowest BCUT2D eigenvalue weighted by Crippen LogP contribution is -2.06. The van der Waals surface area contributed by atoms with Crippen molar-refractivity contribution in [1.82, 2.24) is 0 Å². The predicted octanol–water partition coefficient (Wildman–Crippen LogP) is 5.07. The van der Waals surface area contributed by atoms with Crippen molar-refractivity contribution in [1.29, 1.82) is 0 Å². The van der Waals surface area contributed by atoms with Crippen LogP contribution in [0.25, 0.3) is 0 Å². The van der Waals surface area contributed by atoms with Gasteiger partial charge in [0.05, 0.1) is 34.0 Å². The van der Waals surface area contributed by atoms with Crippen molar-refractivity contribution < 1.29 is 27.6 Å². The zero-order valence-corrected chi connectivity index (χ0v) is 16.9. The molecule has 0 amide bonds. The highest BCUT2D eigenvalue weighted by Crippen LogP contribution is 2.35. The lowest BCUT2D eigenvalue weighted by Gasteiger charge is -2.12. The number of hydrogen-bond donors (Lipinski definition) is 1. The van der Waals surface area contributed by atoms with E-state index in [2.05, 4.69) is 33.1 Å². The van der Waals surface area contributed by atoms with Gasteiger partial charge < -0.3 is 9.47 Å². The zero-order chi connectivity index (χ0) is 20.9. The molecule has 2 rings (SSSR count). The molecule has 0 unspecified atom stereocenters. The topological polar surface area (TPSA) is 86.0 Å². The second kappa shape index (κ2) is 9.08.